The van der Waals surface area contributed by atoms with Crippen LogP contribution in [0.15, 0.2) is 0 Å². The summed E-state index contributed by atoms with van der Waals surface area (Å²) in [6.07, 6.45) is 4.34. The van der Waals surface area contributed by atoms with Crippen molar-refractivity contribution in [1.29, 1.82) is 0 Å². The number of carbonyl (C=O) groups is 3. The highest BCUT2D eigenvalue weighted by Crippen LogP contribution is 2.47. The monoisotopic (exact) mass is 296 g/mol. The largest absolute Gasteiger partial charge is 0.480 e. The zero-order valence-electron chi connectivity index (χ0n) is 12.6. The highest BCUT2D eigenvalue weighted by Gasteiger charge is 2.58. The van der Waals surface area contributed by atoms with Crippen LogP contribution in [0.2, 0.25) is 0 Å². The van der Waals surface area contributed by atoms with Crippen LogP contribution >= 0.6 is 0 Å². The first-order valence-corrected chi connectivity index (χ1v) is 7.81. The Hall–Kier alpha value is -1.59. The van der Waals surface area contributed by atoms with E-state index >= 15 is 0 Å². The molecule has 6 nitrogen and oxygen atoms in total. The molecule has 6 heteroatoms. The molecule has 1 saturated heterocycles. The summed E-state index contributed by atoms with van der Waals surface area (Å²) < 4.78 is 0. The molecule has 1 aliphatic carbocycles. The highest BCUT2D eigenvalue weighted by molar-refractivity contribution is 6.05. The molecule has 2 amide bonds. The SMILES string of the molecule is CCCCNC(=O)C1CCCN(C(=O)C2(C(=O)O)CC2)C1. The van der Waals surface area contributed by atoms with Crippen molar-refractivity contribution in [3.8, 4) is 0 Å². The number of rotatable bonds is 6. The summed E-state index contributed by atoms with van der Waals surface area (Å²) in [5.74, 6) is -1.55. The van der Waals surface area contributed by atoms with Crippen LogP contribution in [0.4, 0.5) is 0 Å². The van der Waals surface area contributed by atoms with Gasteiger partial charge in [-0.3, -0.25) is 14.4 Å². The molecule has 0 aromatic carbocycles. The third-order valence-electron chi connectivity index (χ3n) is 4.48. The van der Waals surface area contributed by atoms with Crippen LogP contribution < -0.4 is 5.32 Å². The Balaban J connectivity index is 1.90. The molecule has 0 aromatic rings. The molecule has 1 heterocycles. The lowest BCUT2D eigenvalue weighted by Gasteiger charge is -2.33. The van der Waals surface area contributed by atoms with Crippen molar-refractivity contribution < 1.29 is 19.5 Å². The summed E-state index contributed by atoms with van der Waals surface area (Å²) in [5.41, 5.74) is -1.19. The normalized spacial score (nSPS) is 23.5. The minimum atomic E-state index is -1.19. The van der Waals surface area contributed by atoms with Crippen molar-refractivity contribution in [1.82, 2.24) is 10.2 Å². The van der Waals surface area contributed by atoms with Crippen LogP contribution in [0.5, 0.6) is 0 Å². The van der Waals surface area contributed by atoms with E-state index in [1.165, 1.54) is 0 Å². The number of likely N-dealkylation sites (tertiary alicyclic amines) is 1. The number of carboxylic acids is 1. The molecule has 1 unspecified atom stereocenters. The van der Waals surface area contributed by atoms with Gasteiger partial charge in [-0.25, -0.2) is 0 Å². The smallest absolute Gasteiger partial charge is 0.319 e. The summed E-state index contributed by atoms with van der Waals surface area (Å²) in [6, 6.07) is 0. The third-order valence-corrected chi connectivity index (χ3v) is 4.48. The van der Waals surface area contributed by atoms with Crippen LogP contribution in [0.25, 0.3) is 0 Å². The molecule has 118 valence electrons. The average Bonchev–Trinajstić information content (AvgIpc) is 3.28. The molecule has 2 aliphatic rings. The van der Waals surface area contributed by atoms with Crippen molar-refractivity contribution >= 4 is 17.8 Å². The standard InChI is InChI=1S/C15H24N2O4/c1-2-3-8-16-12(18)11-5-4-9-17(10-11)13(19)15(6-7-15)14(20)21/h11H,2-10H2,1H3,(H,16,18)(H,20,21). The lowest BCUT2D eigenvalue weighted by molar-refractivity contribution is -0.154. The van der Waals surface area contributed by atoms with E-state index in [1.54, 1.807) is 4.90 Å². The Labute approximate surface area is 124 Å². The molecule has 0 spiro atoms. The molecular formula is C15H24N2O4. The summed E-state index contributed by atoms with van der Waals surface area (Å²) in [5, 5.41) is 12.1. The van der Waals surface area contributed by atoms with Gasteiger partial charge in [-0.1, -0.05) is 13.3 Å². The van der Waals surface area contributed by atoms with Crippen LogP contribution in [0.1, 0.15) is 45.4 Å². The van der Waals surface area contributed by atoms with Crippen molar-refractivity contribution in [2.24, 2.45) is 11.3 Å². The maximum atomic E-state index is 12.4. The van der Waals surface area contributed by atoms with Crippen LogP contribution in [-0.4, -0.2) is 47.4 Å². The van der Waals surface area contributed by atoms with Gasteiger partial charge in [0.1, 0.15) is 5.41 Å². The van der Waals surface area contributed by atoms with Gasteiger partial charge in [0.25, 0.3) is 0 Å². The first kappa shape index (κ1) is 15.8. The van der Waals surface area contributed by atoms with Gasteiger partial charge in [-0.15, -0.1) is 0 Å². The first-order valence-electron chi connectivity index (χ1n) is 7.81. The van der Waals surface area contributed by atoms with E-state index in [1.807, 2.05) is 0 Å². The van der Waals surface area contributed by atoms with Gasteiger partial charge < -0.3 is 15.3 Å². The molecule has 21 heavy (non-hydrogen) atoms. The van der Waals surface area contributed by atoms with Crippen molar-refractivity contribution in [2.45, 2.75) is 45.4 Å². The number of aliphatic carboxylic acids is 1. The van der Waals surface area contributed by atoms with Gasteiger partial charge in [0.2, 0.25) is 11.8 Å². The zero-order chi connectivity index (χ0) is 15.5. The van der Waals surface area contributed by atoms with E-state index in [9.17, 15) is 19.5 Å². The summed E-state index contributed by atoms with van der Waals surface area (Å²) >= 11 is 0. The third kappa shape index (κ3) is 3.36. The Morgan fingerprint density at radius 2 is 2.05 bits per heavy atom. The first-order chi connectivity index (χ1) is 10.0. The van der Waals surface area contributed by atoms with Crippen LogP contribution in [0.3, 0.4) is 0 Å². The predicted octanol–water partition coefficient (Wildman–Crippen LogP) is 1.01. The minimum absolute atomic E-state index is 0.0129. The average molecular weight is 296 g/mol. The number of carbonyl (C=O) groups excluding carboxylic acids is 2. The van der Waals surface area contributed by atoms with Gasteiger partial charge in [0, 0.05) is 19.6 Å². The van der Waals surface area contributed by atoms with Crippen LogP contribution in [0, 0.1) is 11.3 Å². The number of carboxylic acid groups (broad SMARTS) is 1. The van der Waals surface area contributed by atoms with Gasteiger partial charge in [0.15, 0.2) is 0 Å². The van der Waals surface area contributed by atoms with Crippen molar-refractivity contribution in [3.05, 3.63) is 0 Å². The summed E-state index contributed by atoms with van der Waals surface area (Å²) in [7, 11) is 0. The fraction of sp³-hybridized carbons (Fsp3) is 0.800. The number of hydrogen-bond acceptors (Lipinski definition) is 3. The Bertz CT molecular complexity index is 431. The quantitative estimate of drug-likeness (QED) is 0.565. The van der Waals surface area contributed by atoms with E-state index in [4.69, 9.17) is 0 Å². The molecule has 2 rings (SSSR count). The Morgan fingerprint density at radius 1 is 1.33 bits per heavy atom. The topological polar surface area (TPSA) is 86.7 Å². The summed E-state index contributed by atoms with van der Waals surface area (Å²) in [4.78, 5) is 37.2. The molecular weight excluding hydrogens is 272 g/mol. The Morgan fingerprint density at radius 3 is 2.62 bits per heavy atom. The fourth-order valence-corrected chi connectivity index (χ4v) is 2.86. The minimum Gasteiger partial charge on any atom is -0.480 e. The fourth-order valence-electron chi connectivity index (χ4n) is 2.86. The molecule has 1 aliphatic heterocycles. The molecule has 2 fully saturated rings. The second-order valence-electron chi connectivity index (χ2n) is 6.12. The molecule has 0 radical (unpaired) electrons. The van der Waals surface area contributed by atoms with E-state index in [2.05, 4.69) is 12.2 Å². The van der Waals surface area contributed by atoms with E-state index in [0.29, 0.717) is 32.5 Å². The van der Waals surface area contributed by atoms with E-state index in [0.717, 1.165) is 25.7 Å². The Kier molecular flexibility index (Phi) is 4.85. The molecule has 1 atom stereocenters. The summed E-state index contributed by atoms with van der Waals surface area (Å²) in [6.45, 7) is 3.64. The van der Waals surface area contributed by atoms with E-state index in [-0.39, 0.29) is 17.7 Å². The molecule has 0 bridgehead atoms. The maximum absolute atomic E-state index is 12.4. The molecule has 0 aromatic heterocycles. The second-order valence-corrected chi connectivity index (χ2v) is 6.12. The molecule has 2 N–H and O–H groups in total. The number of amides is 2. The lowest BCUT2D eigenvalue weighted by atomic mass is 9.95. The van der Waals surface area contributed by atoms with E-state index < -0.39 is 11.4 Å². The zero-order valence-corrected chi connectivity index (χ0v) is 12.6. The predicted molar refractivity (Wildman–Crippen MR) is 76.5 cm³/mol. The van der Waals surface area contributed by atoms with Gasteiger partial charge >= 0.3 is 5.97 Å². The van der Waals surface area contributed by atoms with Crippen LogP contribution in [-0.2, 0) is 14.4 Å². The molecule has 1 saturated carbocycles. The van der Waals surface area contributed by atoms with Gasteiger partial charge in [-0.2, -0.15) is 0 Å². The van der Waals surface area contributed by atoms with Gasteiger partial charge in [-0.05, 0) is 32.1 Å². The number of unbranched alkanes of at least 4 members (excludes halogenated alkanes) is 1. The number of nitrogens with zero attached hydrogens (tertiary/aromatic N) is 1. The highest BCUT2D eigenvalue weighted by atomic mass is 16.4. The lowest BCUT2D eigenvalue weighted by Crippen LogP contribution is -2.49. The number of piperidine rings is 1. The number of hydrogen-bond donors (Lipinski definition) is 2. The number of nitrogens with one attached hydrogen (secondary N) is 1. The maximum Gasteiger partial charge on any atom is 0.319 e. The van der Waals surface area contributed by atoms with Gasteiger partial charge in [0.05, 0.1) is 5.92 Å². The van der Waals surface area contributed by atoms with Crippen molar-refractivity contribution in [3.63, 3.8) is 0 Å². The second kappa shape index (κ2) is 6.45. The van der Waals surface area contributed by atoms with Crippen molar-refractivity contribution in [2.75, 3.05) is 19.6 Å².